The summed E-state index contributed by atoms with van der Waals surface area (Å²) in [6.45, 7) is 4.47. The van der Waals surface area contributed by atoms with Crippen molar-refractivity contribution in [2.45, 2.75) is 244 Å². The van der Waals surface area contributed by atoms with Gasteiger partial charge in [0, 0.05) is 35.9 Å². The van der Waals surface area contributed by atoms with Gasteiger partial charge in [-0.05, 0) is 51.0 Å². The van der Waals surface area contributed by atoms with Crippen LogP contribution in [0.2, 0.25) is 0 Å². The number of carbonyl (C=O) groups excluding carboxylic acids is 2. The van der Waals surface area contributed by atoms with Crippen molar-refractivity contribution in [3.05, 3.63) is 55.2 Å². The lowest BCUT2D eigenvalue weighted by Gasteiger charge is -2.21. The molecule has 0 aliphatic carbocycles. The third kappa shape index (κ3) is 28.8. The first-order valence-corrected chi connectivity index (χ1v) is 27.1. The molecular formula is C49H86N5O11P. The number of hydrogen-bond acceptors (Lipinski definition) is 11. The van der Waals surface area contributed by atoms with Gasteiger partial charge in [0.05, 0.1) is 25.4 Å². The summed E-state index contributed by atoms with van der Waals surface area (Å²) in [5.41, 5.74) is 8.09. The zero-order valence-electron chi connectivity index (χ0n) is 40.8. The lowest BCUT2D eigenvalue weighted by atomic mass is 10.0. The molecule has 0 saturated carbocycles. The van der Waals surface area contributed by atoms with E-state index < -0.39 is 68.7 Å². The number of allylic oxidation sites excluding steroid dienone is 2. The number of phosphoric ester groups is 1. The molecule has 0 radical (unpaired) electrons. The van der Waals surface area contributed by atoms with Gasteiger partial charge in [0.25, 0.3) is 5.56 Å². The summed E-state index contributed by atoms with van der Waals surface area (Å²) in [6, 6.07) is -0.881. The molecule has 66 heavy (non-hydrogen) atoms. The number of aromatic amines is 1. The zero-order valence-corrected chi connectivity index (χ0v) is 41.7. The molecule has 1 fully saturated rings. The fourth-order valence-electron chi connectivity index (χ4n) is 8.01. The Morgan fingerprint density at radius 1 is 0.788 bits per heavy atom. The van der Waals surface area contributed by atoms with Crippen LogP contribution >= 0.6 is 7.82 Å². The first-order chi connectivity index (χ1) is 32.0. The van der Waals surface area contributed by atoms with Crippen LogP contribution in [-0.2, 0) is 37.4 Å². The minimum Gasteiger partial charge on any atom is -0.462 e. The third-order valence-electron chi connectivity index (χ3n) is 12.0. The van der Waals surface area contributed by atoms with Crippen LogP contribution in [0.4, 0.5) is 0 Å². The van der Waals surface area contributed by atoms with Crippen LogP contribution in [0.1, 0.15) is 225 Å². The molecular weight excluding hydrogens is 866 g/mol. The fraction of sp³-hybridized carbons (Fsp3) is 0.837. The van der Waals surface area contributed by atoms with Crippen LogP contribution in [0.3, 0.4) is 0 Å². The van der Waals surface area contributed by atoms with Crippen molar-refractivity contribution in [1.29, 1.82) is 0 Å². The highest BCUT2D eigenvalue weighted by Crippen LogP contribution is 2.45. The molecule has 0 aromatic carbocycles. The second kappa shape index (κ2) is 37.7. The summed E-state index contributed by atoms with van der Waals surface area (Å²) in [6.07, 6.45) is 35.9. The van der Waals surface area contributed by atoms with Crippen molar-refractivity contribution >= 4 is 19.8 Å². The molecule has 1 aliphatic rings. The Hall–Kier alpha value is -3.26. The summed E-state index contributed by atoms with van der Waals surface area (Å²) in [5.74, 6) is -0.996. The van der Waals surface area contributed by atoms with Crippen molar-refractivity contribution in [1.82, 2.24) is 9.55 Å². The van der Waals surface area contributed by atoms with Gasteiger partial charge in [-0.2, -0.15) is 0 Å². The van der Waals surface area contributed by atoms with Crippen molar-refractivity contribution in [2.75, 3.05) is 19.8 Å². The first kappa shape index (κ1) is 58.9. The maximum absolute atomic E-state index is 13.1. The summed E-state index contributed by atoms with van der Waals surface area (Å²) >= 11 is 0. The SMILES string of the molecule is CCCCCCCC/C=C\CCCCCCCC(=O)O[C@H](COC(=O)CCCCCCCCCCCCCCCCC)COP(=O)(O)OC[C@H]1O[C@@H](n2cc(C)c(=O)[nH]c2=O)C[C@@H]1N=[N+]=[N-]. The number of phosphoric acid groups is 1. The molecule has 1 aromatic rings. The lowest BCUT2D eigenvalue weighted by Crippen LogP contribution is -2.33. The maximum Gasteiger partial charge on any atom is 0.472 e. The van der Waals surface area contributed by atoms with Gasteiger partial charge in [-0.1, -0.05) is 172 Å². The first-order valence-electron chi connectivity index (χ1n) is 25.6. The van der Waals surface area contributed by atoms with E-state index in [2.05, 4.69) is 41.0 Å². The normalized spacial score (nSPS) is 17.4. The summed E-state index contributed by atoms with van der Waals surface area (Å²) in [5, 5.41) is 3.70. The Bertz CT molecular complexity index is 1700. The number of aromatic nitrogens is 2. The van der Waals surface area contributed by atoms with E-state index in [1.165, 1.54) is 122 Å². The number of nitrogens with one attached hydrogen (secondary N) is 1. The minimum absolute atomic E-state index is 0.0273. The molecule has 17 heteroatoms. The summed E-state index contributed by atoms with van der Waals surface area (Å²) < 4.78 is 41.5. The molecule has 1 unspecified atom stereocenters. The number of unbranched alkanes of at least 4 members (excludes halogenated alkanes) is 25. The smallest absolute Gasteiger partial charge is 0.462 e. The van der Waals surface area contributed by atoms with Gasteiger partial charge in [0.2, 0.25) is 0 Å². The van der Waals surface area contributed by atoms with Crippen LogP contribution in [0.25, 0.3) is 10.4 Å². The van der Waals surface area contributed by atoms with E-state index in [0.717, 1.165) is 62.4 Å². The van der Waals surface area contributed by atoms with E-state index in [4.69, 9.17) is 28.8 Å². The molecule has 5 atom stereocenters. The number of H-pyrrole nitrogens is 1. The molecule has 1 aliphatic heterocycles. The van der Waals surface area contributed by atoms with Gasteiger partial charge in [-0.25, -0.2) is 9.36 Å². The monoisotopic (exact) mass is 952 g/mol. The number of aryl methyl sites for hydroxylation is 1. The number of ether oxygens (including phenoxy) is 3. The van der Waals surface area contributed by atoms with Crippen molar-refractivity contribution in [3.63, 3.8) is 0 Å². The topological polar surface area (TPSA) is 221 Å². The molecule has 1 saturated heterocycles. The average molecular weight is 952 g/mol. The standard InChI is InChI=1S/C49H86N5O11P/c1-4-6-8-10-12-14-16-18-20-22-24-26-28-30-32-34-46(55)61-38-42(64-47(56)35-33-31-29-27-25-23-21-19-17-15-13-11-9-7-5-2)39-62-66(59,60)63-40-44-43(52-53-50)36-45(65-44)54-37-41(3)48(57)51-49(54)58/h19,21,37,42-45H,4-18,20,22-36,38-40H2,1-3H3,(H,59,60)(H,51,57,58)/b21-19-/t42-,43+,44-,45-/m1/s1. The van der Waals surface area contributed by atoms with Gasteiger partial charge in [-0.3, -0.25) is 33.0 Å². The van der Waals surface area contributed by atoms with E-state index >= 15 is 0 Å². The number of carbonyl (C=O) groups is 2. The second-order valence-corrected chi connectivity index (χ2v) is 19.5. The van der Waals surface area contributed by atoms with Crippen molar-refractivity contribution in [3.8, 4) is 0 Å². The van der Waals surface area contributed by atoms with Crippen LogP contribution in [0.15, 0.2) is 33.1 Å². The molecule has 0 spiro atoms. The van der Waals surface area contributed by atoms with E-state index in [1.807, 2.05) is 0 Å². The highest BCUT2D eigenvalue weighted by atomic mass is 31.2. The fourth-order valence-corrected chi connectivity index (χ4v) is 8.77. The highest BCUT2D eigenvalue weighted by Gasteiger charge is 2.38. The van der Waals surface area contributed by atoms with Gasteiger partial charge >= 0.3 is 25.5 Å². The predicted molar refractivity (Wildman–Crippen MR) is 259 cm³/mol. The van der Waals surface area contributed by atoms with Crippen molar-refractivity contribution < 1.29 is 42.3 Å². The summed E-state index contributed by atoms with van der Waals surface area (Å²) in [7, 11) is -4.82. The van der Waals surface area contributed by atoms with E-state index in [-0.39, 0.29) is 31.4 Å². The Morgan fingerprint density at radius 2 is 1.27 bits per heavy atom. The Balaban J connectivity index is 1.80. The Labute approximate surface area is 394 Å². The van der Waals surface area contributed by atoms with E-state index in [1.54, 1.807) is 0 Å². The van der Waals surface area contributed by atoms with Crippen LogP contribution in [0.5, 0.6) is 0 Å². The minimum atomic E-state index is -4.82. The number of nitrogens with zero attached hydrogens (tertiary/aromatic N) is 4. The molecule has 2 heterocycles. The largest absolute Gasteiger partial charge is 0.472 e. The zero-order chi connectivity index (χ0) is 48.1. The number of azide groups is 1. The summed E-state index contributed by atoms with van der Waals surface area (Å²) in [4.78, 5) is 65.5. The highest BCUT2D eigenvalue weighted by molar-refractivity contribution is 7.47. The Kier molecular flexibility index (Phi) is 33.6. The molecule has 378 valence electrons. The van der Waals surface area contributed by atoms with Gasteiger partial charge in [-0.15, -0.1) is 0 Å². The van der Waals surface area contributed by atoms with Crippen LogP contribution in [0, 0.1) is 6.92 Å². The number of rotatable bonds is 42. The van der Waals surface area contributed by atoms with Gasteiger partial charge in [0.15, 0.2) is 6.10 Å². The Morgan fingerprint density at radius 3 is 1.79 bits per heavy atom. The van der Waals surface area contributed by atoms with Gasteiger partial charge < -0.3 is 19.1 Å². The van der Waals surface area contributed by atoms with E-state index in [0.29, 0.717) is 12.8 Å². The third-order valence-corrected chi connectivity index (χ3v) is 13.0. The van der Waals surface area contributed by atoms with Crippen LogP contribution in [-0.4, -0.2) is 64.5 Å². The lowest BCUT2D eigenvalue weighted by molar-refractivity contribution is -0.161. The molecule has 0 bridgehead atoms. The molecule has 1 aromatic heterocycles. The molecule has 2 N–H and O–H groups in total. The number of hydrogen-bond donors (Lipinski definition) is 2. The predicted octanol–water partition coefficient (Wildman–Crippen LogP) is 12.7. The molecule has 0 amide bonds. The molecule has 2 rings (SSSR count). The quantitative estimate of drug-likeness (QED) is 0.0119. The maximum atomic E-state index is 13.1. The van der Waals surface area contributed by atoms with Crippen LogP contribution < -0.4 is 11.2 Å². The molecule has 16 nitrogen and oxygen atoms in total. The van der Waals surface area contributed by atoms with Gasteiger partial charge in [0.1, 0.15) is 12.8 Å². The van der Waals surface area contributed by atoms with Crippen molar-refractivity contribution in [2.24, 2.45) is 5.11 Å². The van der Waals surface area contributed by atoms with E-state index in [9.17, 15) is 28.6 Å². The average Bonchev–Trinajstić information content (AvgIpc) is 3.70. The number of esters is 2. The second-order valence-electron chi connectivity index (χ2n) is 18.0.